The Morgan fingerprint density at radius 1 is 0.897 bits per heavy atom. The zero-order valence-corrected chi connectivity index (χ0v) is 17.0. The number of halogens is 1. The number of ketones is 1. The van der Waals surface area contributed by atoms with Crippen molar-refractivity contribution in [3.63, 3.8) is 0 Å². The van der Waals surface area contributed by atoms with Crippen LogP contribution in [0.2, 0.25) is 0 Å². The highest BCUT2D eigenvalue weighted by atomic mass is 19.1. The van der Waals surface area contributed by atoms with Crippen molar-refractivity contribution in [2.24, 2.45) is 0 Å². The van der Waals surface area contributed by atoms with Crippen molar-refractivity contribution in [1.82, 2.24) is 10.2 Å². The van der Waals surface area contributed by atoms with Crippen LogP contribution in [0.5, 0.6) is 5.75 Å². The normalized spacial score (nSPS) is 14.7. The second-order valence-corrected chi connectivity index (χ2v) is 7.57. The first-order chi connectivity index (χ1) is 14.2. The second-order valence-electron chi connectivity index (χ2n) is 7.57. The zero-order chi connectivity index (χ0) is 20.3. The van der Waals surface area contributed by atoms with Crippen LogP contribution in [0, 0.1) is 5.82 Å². The highest BCUT2D eigenvalue weighted by Gasteiger charge is 2.10. The van der Waals surface area contributed by atoms with Gasteiger partial charge in [0.1, 0.15) is 11.6 Å². The van der Waals surface area contributed by atoms with Gasteiger partial charge in [-0.15, -0.1) is 0 Å². The van der Waals surface area contributed by atoms with Crippen LogP contribution < -0.4 is 10.1 Å². The van der Waals surface area contributed by atoms with Gasteiger partial charge in [-0.3, -0.25) is 4.79 Å². The van der Waals surface area contributed by atoms with E-state index in [1.54, 1.807) is 12.1 Å². The molecule has 0 atom stereocenters. The van der Waals surface area contributed by atoms with Crippen LogP contribution in [0.15, 0.2) is 48.5 Å². The summed E-state index contributed by atoms with van der Waals surface area (Å²) in [6, 6.07) is 12.7. The summed E-state index contributed by atoms with van der Waals surface area (Å²) in [5, 5.41) is 3.48. The smallest absolute Gasteiger partial charge is 0.193 e. The molecule has 1 fully saturated rings. The predicted octanol–water partition coefficient (Wildman–Crippen LogP) is 4.29. The van der Waals surface area contributed by atoms with E-state index in [0.717, 1.165) is 25.3 Å². The SMILES string of the molecule is O=C(c1ccc(F)cc1)c1ccc(OCCCNCCCN2CCCCC2)cc1. The molecule has 1 heterocycles. The predicted molar refractivity (Wildman–Crippen MR) is 114 cm³/mol. The van der Waals surface area contributed by atoms with Gasteiger partial charge in [-0.1, -0.05) is 6.42 Å². The summed E-state index contributed by atoms with van der Waals surface area (Å²) < 4.78 is 18.7. The number of ether oxygens (including phenoxy) is 1. The summed E-state index contributed by atoms with van der Waals surface area (Å²) in [5.74, 6) is 0.290. The van der Waals surface area contributed by atoms with Gasteiger partial charge in [0, 0.05) is 11.1 Å². The fraction of sp³-hybridized carbons (Fsp3) is 0.458. The number of piperidine rings is 1. The zero-order valence-electron chi connectivity index (χ0n) is 17.0. The minimum atomic E-state index is -0.346. The molecule has 1 aliphatic rings. The van der Waals surface area contributed by atoms with E-state index >= 15 is 0 Å². The Morgan fingerprint density at radius 2 is 1.52 bits per heavy atom. The molecule has 0 aliphatic carbocycles. The molecule has 0 saturated carbocycles. The molecule has 1 N–H and O–H groups in total. The van der Waals surface area contributed by atoms with Crippen LogP contribution in [0.3, 0.4) is 0 Å². The van der Waals surface area contributed by atoms with E-state index in [4.69, 9.17) is 4.74 Å². The molecule has 2 aromatic rings. The number of nitrogens with one attached hydrogen (secondary N) is 1. The average molecular weight is 399 g/mol. The van der Waals surface area contributed by atoms with Crippen LogP contribution in [0.4, 0.5) is 4.39 Å². The van der Waals surface area contributed by atoms with Gasteiger partial charge < -0.3 is 15.0 Å². The maximum absolute atomic E-state index is 13.0. The minimum absolute atomic E-state index is 0.120. The maximum Gasteiger partial charge on any atom is 0.193 e. The number of hydrogen-bond donors (Lipinski definition) is 1. The molecular formula is C24H31FN2O2. The molecule has 0 bridgehead atoms. The second kappa shape index (κ2) is 11.7. The van der Waals surface area contributed by atoms with E-state index in [2.05, 4.69) is 10.2 Å². The highest BCUT2D eigenvalue weighted by Crippen LogP contribution is 2.16. The third-order valence-corrected chi connectivity index (χ3v) is 5.27. The Labute approximate surface area is 173 Å². The monoisotopic (exact) mass is 398 g/mol. The lowest BCUT2D eigenvalue weighted by Gasteiger charge is -2.26. The van der Waals surface area contributed by atoms with Gasteiger partial charge in [0.25, 0.3) is 0 Å². The molecule has 5 heteroatoms. The van der Waals surface area contributed by atoms with E-state index in [1.807, 2.05) is 12.1 Å². The largest absolute Gasteiger partial charge is 0.494 e. The number of carbonyl (C=O) groups is 1. The Hall–Kier alpha value is -2.24. The number of carbonyl (C=O) groups excluding carboxylic acids is 1. The molecule has 156 valence electrons. The topological polar surface area (TPSA) is 41.6 Å². The molecular weight excluding hydrogens is 367 g/mol. The van der Waals surface area contributed by atoms with Crippen molar-refractivity contribution in [2.45, 2.75) is 32.1 Å². The lowest BCUT2D eigenvalue weighted by atomic mass is 10.0. The van der Waals surface area contributed by atoms with Crippen molar-refractivity contribution >= 4 is 5.78 Å². The molecule has 0 aromatic heterocycles. The Balaban J connectivity index is 1.28. The fourth-order valence-corrected chi connectivity index (χ4v) is 3.59. The van der Waals surface area contributed by atoms with Crippen molar-refractivity contribution in [2.75, 3.05) is 39.3 Å². The summed E-state index contributed by atoms with van der Waals surface area (Å²) >= 11 is 0. The first-order valence-corrected chi connectivity index (χ1v) is 10.7. The molecule has 2 aromatic carbocycles. The summed E-state index contributed by atoms with van der Waals surface area (Å²) in [6.45, 7) is 6.37. The Bertz CT molecular complexity index is 740. The number of nitrogens with zero attached hydrogens (tertiary/aromatic N) is 1. The van der Waals surface area contributed by atoms with Gasteiger partial charge in [-0.2, -0.15) is 0 Å². The van der Waals surface area contributed by atoms with E-state index in [0.29, 0.717) is 17.7 Å². The molecule has 3 rings (SSSR count). The lowest BCUT2D eigenvalue weighted by Crippen LogP contribution is -2.32. The quantitative estimate of drug-likeness (QED) is 0.453. The summed E-state index contributed by atoms with van der Waals surface area (Å²) in [4.78, 5) is 14.9. The van der Waals surface area contributed by atoms with E-state index in [9.17, 15) is 9.18 Å². The van der Waals surface area contributed by atoms with Crippen molar-refractivity contribution in [1.29, 1.82) is 0 Å². The van der Waals surface area contributed by atoms with E-state index in [1.165, 1.54) is 69.6 Å². The van der Waals surface area contributed by atoms with Crippen molar-refractivity contribution < 1.29 is 13.9 Å². The third-order valence-electron chi connectivity index (χ3n) is 5.27. The Morgan fingerprint density at radius 3 is 2.21 bits per heavy atom. The lowest BCUT2D eigenvalue weighted by molar-refractivity contribution is 0.103. The van der Waals surface area contributed by atoms with Gasteiger partial charge >= 0.3 is 0 Å². The molecule has 1 saturated heterocycles. The van der Waals surface area contributed by atoms with Crippen LogP contribution in [0.1, 0.15) is 48.0 Å². The molecule has 0 spiro atoms. The van der Waals surface area contributed by atoms with Crippen LogP contribution in [0.25, 0.3) is 0 Å². The van der Waals surface area contributed by atoms with Crippen molar-refractivity contribution in [3.8, 4) is 5.75 Å². The average Bonchev–Trinajstić information content (AvgIpc) is 2.77. The Kier molecular flexibility index (Phi) is 8.65. The number of hydrogen-bond acceptors (Lipinski definition) is 4. The number of likely N-dealkylation sites (tertiary alicyclic amines) is 1. The van der Waals surface area contributed by atoms with Gasteiger partial charge in [0.15, 0.2) is 5.78 Å². The third kappa shape index (κ3) is 7.26. The van der Waals surface area contributed by atoms with E-state index < -0.39 is 0 Å². The van der Waals surface area contributed by atoms with Crippen LogP contribution in [-0.2, 0) is 0 Å². The van der Waals surface area contributed by atoms with Gasteiger partial charge in [-0.05, 0) is 107 Å². The summed E-state index contributed by atoms with van der Waals surface area (Å²) in [5.41, 5.74) is 1.05. The minimum Gasteiger partial charge on any atom is -0.494 e. The fourth-order valence-electron chi connectivity index (χ4n) is 3.59. The standard InChI is InChI=1S/C24H31FN2O2/c25-22-10-6-20(7-11-22)24(28)21-8-12-23(13-9-21)29-19-5-15-26-14-4-18-27-16-2-1-3-17-27/h6-13,26H,1-5,14-19H2. The molecule has 0 radical (unpaired) electrons. The number of benzene rings is 2. The molecule has 0 amide bonds. The van der Waals surface area contributed by atoms with Gasteiger partial charge in [0.05, 0.1) is 6.61 Å². The molecule has 4 nitrogen and oxygen atoms in total. The molecule has 1 aliphatic heterocycles. The first kappa shape index (κ1) is 21.5. The van der Waals surface area contributed by atoms with Crippen molar-refractivity contribution in [3.05, 3.63) is 65.5 Å². The number of rotatable bonds is 11. The summed E-state index contributed by atoms with van der Waals surface area (Å²) in [7, 11) is 0. The molecule has 0 unspecified atom stereocenters. The molecule has 29 heavy (non-hydrogen) atoms. The van der Waals surface area contributed by atoms with Gasteiger partial charge in [-0.25, -0.2) is 4.39 Å². The van der Waals surface area contributed by atoms with Gasteiger partial charge in [0.2, 0.25) is 0 Å². The highest BCUT2D eigenvalue weighted by molar-refractivity contribution is 6.08. The first-order valence-electron chi connectivity index (χ1n) is 10.7. The maximum atomic E-state index is 13.0. The summed E-state index contributed by atoms with van der Waals surface area (Å²) in [6.07, 6.45) is 6.24. The van der Waals surface area contributed by atoms with Crippen LogP contribution in [-0.4, -0.2) is 50.0 Å². The van der Waals surface area contributed by atoms with Crippen LogP contribution >= 0.6 is 0 Å². The van der Waals surface area contributed by atoms with E-state index in [-0.39, 0.29) is 11.6 Å².